The lowest BCUT2D eigenvalue weighted by atomic mass is 10.1. The van der Waals surface area contributed by atoms with E-state index in [0.717, 1.165) is 11.1 Å². The number of hydrogen-bond donors (Lipinski definition) is 1. The standard InChI is InChI=1S/C26H27ClN4O4/c1-4-35-26(34)30-12-11-20-22(14-30)29-24(18-8-5-16(2)6-9-18)31(25(20)33)15-23(32)28-21-13-19(27)10-7-17(21)3/h5-10,13H,4,11-12,14-15H2,1-3H3,(H,28,32). The minimum absolute atomic E-state index is 0.178. The van der Waals surface area contributed by atoms with E-state index >= 15 is 0 Å². The van der Waals surface area contributed by atoms with Crippen LogP contribution in [0.4, 0.5) is 10.5 Å². The van der Waals surface area contributed by atoms with Gasteiger partial charge in [-0.1, -0.05) is 47.5 Å². The van der Waals surface area contributed by atoms with E-state index < -0.39 is 6.09 Å². The van der Waals surface area contributed by atoms with Crippen molar-refractivity contribution < 1.29 is 14.3 Å². The van der Waals surface area contributed by atoms with Gasteiger partial charge in [-0.25, -0.2) is 9.78 Å². The van der Waals surface area contributed by atoms with Gasteiger partial charge in [0.15, 0.2) is 0 Å². The third kappa shape index (κ3) is 5.38. The fourth-order valence-corrected chi connectivity index (χ4v) is 4.20. The van der Waals surface area contributed by atoms with E-state index in [2.05, 4.69) is 5.32 Å². The molecule has 1 N–H and O–H groups in total. The quantitative estimate of drug-likeness (QED) is 0.569. The van der Waals surface area contributed by atoms with Crippen LogP contribution in [0.5, 0.6) is 0 Å². The molecule has 0 fully saturated rings. The van der Waals surface area contributed by atoms with E-state index in [1.54, 1.807) is 19.1 Å². The Labute approximate surface area is 208 Å². The van der Waals surface area contributed by atoms with Crippen LogP contribution in [0, 0.1) is 13.8 Å². The van der Waals surface area contributed by atoms with Crippen LogP contribution in [-0.2, 0) is 29.0 Å². The average Bonchev–Trinajstić information content (AvgIpc) is 2.83. The zero-order chi connectivity index (χ0) is 25.1. The van der Waals surface area contributed by atoms with Crippen LogP contribution < -0.4 is 10.9 Å². The van der Waals surface area contributed by atoms with Gasteiger partial charge in [-0.2, -0.15) is 0 Å². The maximum absolute atomic E-state index is 13.6. The number of fused-ring (bicyclic) bond motifs is 1. The van der Waals surface area contributed by atoms with Crippen molar-refractivity contribution in [3.05, 3.63) is 80.2 Å². The van der Waals surface area contributed by atoms with Crippen molar-refractivity contribution in [3.63, 3.8) is 0 Å². The van der Waals surface area contributed by atoms with E-state index in [9.17, 15) is 14.4 Å². The molecular formula is C26H27ClN4O4. The second-order valence-electron chi connectivity index (χ2n) is 8.50. The molecule has 2 heterocycles. The largest absolute Gasteiger partial charge is 0.450 e. The molecule has 0 spiro atoms. The van der Waals surface area contributed by atoms with Crippen molar-refractivity contribution >= 4 is 29.3 Å². The summed E-state index contributed by atoms with van der Waals surface area (Å²) in [6, 6.07) is 12.8. The van der Waals surface area contributed by atoms with Crippen molar-refractivity contribution in [1.82, 2.24) is 14.5 Å². The van der Waals surface area contributed by atoms with E-state index in [-0.39, 0.29) is 31.2 Å². The lowest BCUT2D eigenvalue weighted by molar-refractivity contribution is -0.116. The van der Waals surface area contributed by atoms with Crippen molar-refractivity contribution in [2.75, 3.05) is 18.5 Å². The molecule has 0 atom stereocenters. The summed E-state index contributed by atoms with van der Waals surface area (Å²) in [5.74, 6) is 0.00830. The molecule has 0 unspecified atom stereocenters. The summed E-state index contributed by atoms with van der Waals surface area (Å²) in [7, 11) is 0. The Morgan fingerprint density at radius 1 is 1.14 bits per heavy atom. The number of nitrogens with one attached hydrogen (secondary N) is 1. The molecule has 0 radical (unpaired) electrons. The first-order chi connectivity index (χ1) is 16.8. The monoisotopic (exact) mass is 494 g/mol. The molecule has 1 aromatic heterocycles. The van der Waals surface area contributed by atoms with E-state index in [1.807, 2.05) is 44.2 Å². The maximum atomic E-state index is 13.6. The molecule has 0 saturated carbocycles. The highest BCUT2D eigenvalue weighted by Gasteiger charge is 2.27. The number of rotatable bonds is 5. The molecule has 0 bridgehead atoms. The summed E-state index contributed by atoms with van der Waals surface area (Å²) < 4.78 is 6.52. The third-order valence-corrected chi connectivity index (χ3v) is 6.17. The molecule has 3 aromatic rings. The van der Waals surface area contributed by atoms with Crippen molar-refractivity contribution in [2.45, 2.75) is 40.3 Å². The Morgan fingerprint density at radius 2 is 1.89 bits per heavy atom. The molecule has 1 aliphatic rings. The third-order valence-electron chi connectivity index (χ3n) is 5.93. The van der Waals surface area contributed by atoms with Gasteiger partial charge >= 0.3 is 6.09 Å². The number of carbonyl (C=O) groups excluding carboxylic acids is 2. The Bertz CT molecular complexity index is 1330. The highest BCUT2D eigenvalue weighted by atomic mass is 35.5. The Balaban J connectivity index is 1.72. The Hall–Kier alpha value is -3.65. The van der Waals surface area contributed by atoms with Gasteiger partial charge in [0.05, 0.1) is 18.8 Å². The van der Waals surface area contributed by atoms with E-state index in [4.69, 9.17) is 21.3 Å². The second kappa shape index (κ2) is 10.3. The van der Waals surface area contributed by atoms with Crippen LogP contribution in [0.3, 0.4) is 0 Å². The molecule has 0 saturated heterocycles. The summed E-state index contributed by atoms with van der Waals surface area (Å²) in [5.41, 5.74) is 3.95. The molecule has 35 heavy (non-hydrogen) atoms. The van der Waals surface area contributed by atoms with E-state index in [0.29, 0.717) is 46.3 Å². The molecule has 2 amide bonds. The molecule has 0 aliphatic carbocycles. The van der Waals surface area contributed by atoms with Crippen molar-refractivity contribution in [3.8, 4) is 11.4 Å². The van der Waals surface area contributed by atoms with Crippen molar-refractivity contribution in [1.29, 1.82) is 0 Å². The number of halogens is 1. The number of benzene rings is 2. The summed E-state index contributed by atoms with van der Waals surface area (Å²) in [6.07, 6.45) is -0.0966. The van der Waals surface area contributed by atoms with Crippen LogP contribution in [0.1, 0.15) is 29.3 Å². The number of anilines is 1. The number of carbonyl (C=O) groups is 2. The van der Waals surface area contributed by atoms with Crippen LogP contribution in [0.2, 0.25) is 5.02 Å². The van der Waals surface area contributed by atoms with Gasteiger partial charge < -0.3 is 15.0 Å². The zero-order valence-electron chi connectivity index (χ0n) is 19.9. The zero-order valence-corrected chi connectivity index (χ0v) is 20.7. The number of nitrogens with zero attached hydrogens (tertiary/aromatic N) is 3. The first-order valence-electron chi connectivity index (χ1n) is 11.4. The highest BCUT2D eigenvalue weighted by Crippen LogP contribution is 2.23. The normalized spacial score (nSPS) is 12.7. The Kier molecular flexibility index (Phi) is 7.21. The van der Waals surface area contributed by atoms with Gasteiger partial charge in [-0.15, -0.1) is 0 Å². The summed E-state index contributed by atoms with van der Waals surface area (Å²) >= 11 is 6.08. The minimum atomic E-state index is -0.433. The summed E-state index contributed by atoms with van der Waals surface area (Å²) in [5, 5.41) is 3.35. The molecule has 9 heteroatoms. The van der Waals surface area contributed by atoms with Gasteiger partial charge in [-0.3, -0.25) is 14.2 Å². The number of amides is 2. The second-order valence-corrected chi connectivity index (χ2v) is 8.93. The van der Waals surface area contributed by atoms with Gasteiger partial charge in [-0.05, 0) is 44.9 Å². The highest BCUT2D eigenvalue weighted by molar-refractivity contribution is 6.31. The Morgan fingerprint density at radius 3 is 2.60 bits per heavy atom. The van der Waals surface area contributed by atoms with Crippen LogP contribution in [0.15, 0.2) is 47.3 Å². The van der Waals surface area contributed by atoms with Gasteiger partial charge in [0.25, 0.3) is 5.56 Å². The summed E-state index contributed by atoms with van der Waals surface area (Å²) in [4.78, 5) is 45.1. The minimum Gasteiger partial charge on any atom is -0.450 e. The predicted octanol–water partition coefficient (Wildman–Crippen LogP) is 4.33. The van der Waals surface area contributed by atoms with Crippen LogP contribution in [-0.4, -0.2) is 39.6 Å². The average molecular weight is 495 g/mol. The van der Waals surface area contributed by atoms with Gasteiger partial charge in [0, 0.05) is 28.4 Å². The molecule has 2 aromatic carbocycles. The molecule has 1 aliphatic heterocycles. The number of hydrogen-bond acceptors (Lipinski definition) is 5. The SMILES string of the molecule is CCOC(=O)N1CCc2c(nc(-c3ccc(C)cc3)n(CC(=O)Nc3cc(Cl)ccc3C)c2=O)C1. The maximum Gasteiger partial charge on any atom is 0.410 e. The molecule has 4 rings (SSSR count). The van der Waals surface area contributed by atoms with Crippen molar-refractivity contribution in [2.24, 2.45) is 0 Å². The van der Waals surface area contributed by atoms with E-state index in [1.165, 1.54) is 9.47 Å². The van der Waals surface area contributed by atoms with Crippen LogP contribution in [0.25, 0.3) is 11.4 Å². The van der Waals surface area contributed by atoms with Crippen LogP contribution >= 0.6 is 11.6 Å². The van der Waals surface area contributed by atoms with Gasteiger partial charge in [0.2, 0.25) is 5.91 Å². The smallest absolute Gasteiger partial charge is 0.410 e. The number of ether oxygens (including phenoxy) is 1. The topological polar surface area (TPSA) is 93.5 Å². The lowest BCUT2D eigenvalue weighted by Crippen LogP contribution is -2.42. The molecular weight excluding hydrogens is 468 g/mol. The van der Waals surface area contributed by atoms with Gasteiger partial charge in [0.1, 0.15) is 12.4 Å². The molecule has 182 valence electrons. The fourth-order valence-electron chi connectivity index (χ4n) is 4.03. The fraction of sp³-hybridized carbons (Fsp3) is 0.308. The lowest BCUT2D eigenvalue weighted by Gasteiger charge is -2.28. The first kappa shape index (κ1) is 24.5. The molecule has 8 nitrogen and oxygen atoms in total. The number of aryl methyl sites for hydroxylation is 2. The first-order valence-corrected chi connectivity index (χ1v) is 11.8. The predicted molar refractivity (Wildman–Crippen MR) is 135 cm³/mol. The number of aromatic nitrogens is 2. The summed E-state index contributed by atoms with van der Waals surface area (Å²) in [6.45, 7) is 6.17.